The molecule has 0 aromatic heterocycles. The number of amides is 1. The van der Waals surface area contributed by atoms with Crippen molar-refractivity contribution in [1.82, 2.24) is 0 Å². The largest absolute Gasteiger partial charge is 0.444 e. The molecule has 0 aromatic rings. The summed E-state index contributed by atoms with van der Waals surface area (Å²) < 4.78 is 4.44. The second kappa shape index (κ2) is 4.14. The zero-order valence-electron chi connectivity index (χ0n) is 5.33. The van der Waals surface area contributed by atoms with E-state index in [1.807, 2.05) is 0 Å². The highest BCUT2D eigenvalue weighted by atomic mass is 16.6. The Kier molecular flexibility index (Phi) is 3.79. The van der Waals surface area contributed by atoms with E-state index in [2.05, 4.69) is 10.5 Å². The molecule has 9 heavy (non-hydrogen) atoms. The van der Waals surface area contributed by atoms with Crippen molar-refractivity contribution < 1.29 is 14.6 Å². The molecule has 4 heteroatoms. The van der Waals surface area contributed by atoms with E-state index in [0.29, 0.717) is 6.42 Å². The van der Waals surface area contributed by atoms with Crippen LogP contribution in [0.3, 0.4) is 0 Å². The quantitative estimate of drug-likeness (QED) is 0.562. The summed E-state index contributed by atoms with van der Waals surface area (Å²) >= 11 is 0. The molecule has 0 rings (SSSR count). The van der Waals surface area contributed by atoms with E-state index < -0.39 is 12.2 Å². The third-order valence-corrected chi connectivity index (χ3v) is 0.942. The van der Waals surface area contributed by atoms with Gasteiger partial charge >= 0.3 is 6.09 Å². The zero-order valence-corrected chi connectivity index (χ0v) is 5.33. The number of hydrogen-bond donors (Lipinski definition) is 2. The fourth-order valence-corrected chi connectivity index (χ4v) is 0.414. The molecule has 0 aliphatic carbocycles. The van der Waals surface area contributed by atoms with Crippen molar-refractivity contribution >= 4 is 6.09 Å². The fourth-order valence-electron chi connectivity index (χ4n) is 0.414. The smallest absolute Gasteiger partial charge is 0.404 e. The lowest BCUT2D eigenvalue weighted by Crippen LogP contribution is -2.24. The lowest BCUT2D eigenvalue weighted by atomic mass is 10.3. The normalized spacial score (nSPS) is 12.7. The van der Waals surface area contributed by atoms with Crippen molar-refractivity contribution in [1.29, 1.82) is 0 Å². The van der Waals surface area contributed by atoms with Crippen LogP contribution in [0.5, 0.6) is 0 Å². The zero-order chi connectivity index (χ0) is 7.28. The van der Waals surface area contributed by atoms with Crippen LogP contribution in [0, 0.1) is 0 Å². The standard InChI is InChI=1S/C5H11NO3/c1-2-4(3-7)9-5(6)8/h4,7H,2-3H2,1H3,(H2,6,8). The average Bonchev–Trinajstić information content (AvgIpc) is 1.82. The Morgan fingerprint density at radius 1 is 1.89 bits per heavy atom. The van der Waals surface area contributed by atoms with Crippen LogP contribution in [0.25, 0.3) is 0 Å². The highest BCUT2D eigenvalue weighted by Crippen LogP contribution is 1.94. The van der Waals surface area contributed by atoms with Gasteiger partial charge in [-0.05, 0) is 6.42 Å². The van der Waals surface area contributed by atoms with Crippen LogP contribution in [-0.2, 0) is 4.74 Å². The number of carbonyl (C=O) groups excluding carboxylic acids is 1. The molecule has 1 unspecified atom stereocenters. The van der Waals surface area contributed by atoms with Crippen molar-refractivity contribution in [2.45, 2.75) is 19.4 Å². The number of nitrogens with two attached hydrogens (primary N) is 1. The van der Waals surface area contributed by atoms with E-state index in [0.717, 1.165) is 0 Å². The number of carbonyl (C=O) groups is 1. The number of aliphatic hydroxyl groups is 1. The van der Waals surface area contributed by atoms with Gasteiger partial charge < -0.3 is 15.6 Å². The minimum absolute atomic E-state index is 0.167. The van der Waals surface area contributed by atoms with Crippen LogP contribution < -0.4 is 5.73 Å². The Balaban J connectivity index is 3.43. The molecule has 4 nitrogen and oxygen atoms in total. The topological polar surface area (TPSA) is 72.6 Å². The molecule has 0 saturated carbocycles. The van der Waals surface area contributed by atoms with E-state index in [1.54, 1.807) is 6.92 Å². The number of ether oxygens (including phenoxy) is 1. The monoisotopic (exact) mass is 133 g/mol. The average molecular weight is 133 g/mol. The third kappa shape index (κ3) is 3.78. The van der Waals surface area contributed by atoms with Crippen molar-refractivity contribution in [3.63, 3.8) is 0 Å². The van der Waals surface area contributed by atoms with E-state index >= 15 is 0 Å². The van der Waals surface area contributed by atoms with Crippen molar-refractivity contribution in [3.05, 3.63) is 0 Å². The number of aliphatic hydroxyl groups excluding tert-OH is 1. The van der Waals surface area contributed by atoms with Crippen LogP contribution in [0.4, 0.5) is 4.79 Å². The van der Waals surface area contributed by atoms with Gasteiger partial charge in [-0.1, -0.05) is 6.92 Å². The predicted octanol–water partition coefficient (Wildman–Crippen LogP) is -0.147. The third-order valence-electron chi connectivity index (χ3n) is 0.942. The first-order chi connectivity index (χ1) is 4.20. The first kappa shape index (κ1) is 8.23. The van der Waals surface area contributed by atoms with Gasteiger partial charge in [0.05, 0.1) is 6.61 Å². The van der Waals surface area contributed by atoms with Gasteiger partial charge in [-0.25, -0.2) is 4.79 Å². The lowest BCUT2D eigenvalue weighted by Gasteiger charge is -2.09. The van der Waals surface area contributed by atoms with Gasteiger partial charge in [0.2, 0.25) is 0 Å². The summed E-state index contributed by atoms with van der Waals surface area (Å²) in [5.74, 6) is 0. The predicted molar refractivity (Wildman–Crippen MR) is 31.8 cm³/mol. The van der Waals surface area contributed by atoms with Gasteiger partial charge in [0, 0.05) is 0 Å². The molecule has 0 aromatic carbocycles. The summed E-state index contributed by atoms with van der Waals surface area (Å²) in [6.07, 6.45) is -0.696. The molecule has 0 saturated heterocycles. The first-order valence-electron chi connectivity index (χ1n) is 2.77. The first-order valence-corrected chi connectivity index (χ1v) is 2.77. The van der Waals surface area contributed by atoms with E-state index in [4.69, 9.17) is 5.11 Å². The minimum atomic E-state index is -0.837. The summed E-state index contributed by atoms with van der Waals surface area (Å²) in [6.45, 7) is 1.63. The van der Waals surface area contributed by atoms with E-state index in [1.165, 1.54) is 0 Å². The van der Waals surface area contributed by atoms with Crippen LogP contribution >= 0.6 is 0 Å². The maximum Gasteiger partial charge on any atom is 0.404 e. The SMILES string of the molecule is CCC(CO)OC(N)=O. The highest BCUT2D eigenvalue weighted by Gasteiger charge is 2.06. The van der Waals surface area contributed by atoms with Crippen LogP contribution in [0.2, 0.25) is 0 Å². The van der Waals surface area contributed by atoms with Gasteiger partial charge in [-0.15, -0.1) is 0 Å². The lowest BCUT2D eigenvalue weighted by molar-refractivity contribution is 0.0615. The molecule has 0 heterocycles. The molecule has 0 spiro atoms. The number of primary amides is 1. The van der Waals surface area contributed by atoms with Crippen molar-refractivity contribution in [2.75, 3.05) is 6.61 Å². The van der Waals surface area contributed by atoms with Gasteiger partial charge in [-0.2, -0.15) is 0 Å². The van der Waals surface area contributed by atoms with Gasteiger partial charge in [0.25, 0.3) is 0 Å². The Hall–Kier alpha value is -0.770. The Bertz CT molecular complexity index is 90.2. The van der Waals surface area contributed by atoms with Gasteiger partial charge in [0.1, 0.15) is 6.10 Å². The fraction of sp³-hybridized carbons (Fsp3) is 0.800. The van der Waals surface area contributed by atoms with Gasteiger partial charge in [-0.3, -0.25) is 0 Å². The van der Waals surface area contributed by atoms with E-state index in [9.17, 15) is 4.79 Å². The summed E-state index contributed by atoms with van der Waals surface area (Å²) in [5, 5.41) is 8.44. The summed E-state index contributed by atoms with van der Waals surface area (Å²) in [6, 6.07) is 0. The molecule has 0 bridgehead atoms. The Morgan fingerprint density at radius 2 is 2.44 bits per heavy atom. The minimum Gasteiger partial charge on any atom is -0.444 e. The number of hydrogen-bond acceptors (Lipinski definition) is 3. The summed E-state index contributed by atoms with van der Waals surface area (Å²) in [4.78, 5) is 10.0. The maximum absolute atomic E-state index is 10.0. The molecule has 3 N–H and O–H groups in total. The highest BCUT2D eigenvalue weighted by molar-refractivity contribution is 5.64. The Labute approximate surface area is 53.6 Å². The van der Waals surface area contributed by atoms with Crippen LogP contribution in [0.1, 0.15) is 13.3 Å². The molecule has 0 aliphatic heterocycles. The molecule has 1 amide bonds. The summed E-state index contributed by atoms with van der Waals surface area (Å²) in [5.41, 5.74) is 4.67. The molecule has 1 atom stereocenters. The van der Waals surface area contributed by atoms with Crippen LogP contribution in [-0.4, -0.2) is 23.9 Å². The Morgan fingerprint density at radius 3 is 2.56 bits per heavy atom. The molecule has 0 fully saturated rings. The van der Waals surface area contributed by atoms with Gasteiger partial charge in [0.15, 0.2) is 0 Å². The molecule has 54 valence electrons. The number of rotatable bonds is 3. The molecule has 0 aliphatic rings. The van der Waals surface area contributed by atoms with Crippen LogP contribution in [0.15, 0.2) is 0 Å². The molecular weight excluding hydrogens is 122 g/mol. The maximum atomic E-state index is 10.0. The van der Waals surface area contributed by atoms with E-state index in [-0.39, 0.29) is 6.61 Å². The van der Waals surface area contributed by atoms with Crippen molar-refractivity contribution in [2.24, 2.45) is 5.73 Å². The second-order valence-electron chi connectivity index (χ2n) is 1.65. The second-order valence-corrected chi connectivity index (χ2v) is 1.65. The molecular formula is C5H11NO3. The summed E-state index contributed by atoms with van der Waals surface area (Å²) in [7, 11) is 0. The molecule has 0 radical (unpaired) electrons. The van der Waals surface area contributed by atoms with Crippen molar-refractivity contribution in [3.8, 4) is 0 Å².